The third-order valence-corrected chi connectivity index (χ3v) is 5.86. The molecule has 2 aromatic rings. The first-order valence-corrected chi connectivity index (χ1v) is 10.7. The number of hydrogen-bond donors (Lipinski definition) is 0. The third-order valence-electron chi connectivity index (χ3n) is 5.86. The monoisotopic (exact) mass is 383 g/mol. The maximum absolute atomic E-state index is 2.42. The Balaban J connectivity index is 1.64. The average molecular weight is 384 g/mol. The van der Waals surface area contributed by atoms with E-state index >= 15 is 0 Å². The van der Waals surface area contributed by atoms with Gasteiger partial charge in [-0.2, -0.15) is 4.57 Å². The van der Waals surface area contributed by atoms with Crippen LogP contribution in [0.2, 0.25) is 0 Å². The van der Waals surface area contributed by atoms with E-state index < -0.39 is 0 Å². The smallest absolute Gasteiger partial charge is 0.208 e. The van der Waals surface area contributed by atoms with Crippen LogP contribution < -0.4 is 9.47 Å². The van der Waals surface area contributed by atoms with Crippen LogP contribution in [0, 0.1) is 5.41 Å². The Kier molecular flexibility index (Phi) is 5.27. The highest BCUT2D eigenvalue weighted by molar-refractivity contribution is 5.76. The lowest BCUT2D eigenvalue weighted by Crippen LogP contribution is -2.41. The van der Waals surface area contributed by atoms with Crippen molar-refractivity contribution in [1.82, 2.24) is 0 Å². The van der Waals surface area contributed by atoms with E-state index in [4.69, 9.17) is 0 Å². The van der Waals surface area contributed by atoms with Crippen molar-refractivity contribution in [2.75, 3.05) is 11.4 Å². The summed E-state index contributed by atoms with van der Waals surface area (Å²) in [5.74, 6) is 0. The molecule has 0 fully saturated rings. The molecule has 4 rings (SSSR count). The van der Waals surface area contributed by atoms with Gasteiger partial charge in [0.2, 0.25) is 11.4 Å². The van der Waals surface area contributed by atoms with E-state index in [1.165, 1.54) is 33.9 Å². The highest BCUT2D eigenvalue weighted by Crippen LogP contribution is 2.31. The number of aromatic nitrogens is 1. The standard InChI is InChI=1S/C27H31N2/c1-5-28-23(16-14-21-10-7-8-13-25(21)28)11-9-12-24-17-15-22-20-27(3,4)19-18-26(22)29(24)6-2/h7-19H,5-6,20H2,1-4H3/q+1. The third kappa shape index (κ3) is 3.85. The quantitative estimate of drug-likeness (QED) is 0.584. The van der Waals surface area contributed by atoms with E-state index in [0.717, 1.165) is 19.5 Å². The number of pyridine rings is 1. The molecule has 0 amide bonds. The van der Waals surface area contributed by atoms with Gasteiger partial charge in [-0.3, -0.25) is 0 Å². The Hall–Kier alpha value is -2.87. The summed E-state index contributed by atoms with van der Waals surface area (Å²) in [5.41, 5.74) is 8.07. The van der Waals surface area contributed by atoms with Crippen LogP contribution in [0.3, 0.4) is 0 Å². The average Bonchev–Trinajstić information content (AvgIpc) is 2.72. The number of para-hydroxylation sites is 1. The largest absolute Gasteiger partial charge is 0.341 e. The number of benzene rings is 1. The number of anilines is 1. The Morgan fingerprint density at radius 2 is 1.86 bits per heavy atom. The molecule has 1 aliphatic carbocycles. The Morgan fingerprint density at radius 1 is 1.03 bits per heavy atom. The lowest BCUT2D eigenvalue weighted by atomic mass is 9.81. The minimum atomic E-state index is 0.244. The summed E-state index contributed by atoms with van der Waals surface area (Å²) in [6, 6.07) is 13.1. The zero-order valence-electron chi connectivity index (χ0n) is 18.0. The van der Waals surface area contributed by atoms with Crippen molar-refractivity contribution < 1.29 is 4.57 Å². The molecule has 2 nitrogen and oxygen atoms in total. The van der Waals surface area contributed by atoms with Gasteiger partial charge in [0.05, 0.1) is 0 Å². The molecular formula is C27H31N2+. The fourth-order valence-corrected chi connectivity index (χ4v) is 4.40. The van der Waals surface area contributed by atoms with Crippen LogP contribution in [0.4, 0.5) is 5.69 Å². The number of likely N-dealkylation sites (N-methyl/N-ethyl adjacent to an activating group) is 1. The summed E-state index contributed by atoms with van der Waals surface area (Å²) in [6.07, 6.45) is 16.8. The minimum absolute atomic E-state index is 0.244. The molecule has 0 N–H and O–H groups in total. The van der Waals surface area contributed by atoms with Crippen LogP contribution in [0.5, 0.6) is 0 Å². The molecule has 0 unspecified atom stereocenters. The van der Waals surface area contributed by atoms with Crippen molar-refractivity contribution in [3.63, 3.8) is 0 Å². The first-order chi connectivity index (χ1) is 14.0. The SMILES string of the molecule is CCN1/C(=C/C=C/c2ccc3c([n+]2CC)C=CC(C)(C)C3)C=Cc2ccccc21. The fraction of sp³-hybridized carbons (Fsp3) is 0.296. The molecule has 1 aromatic heterocycles. The van der Waals surface area contributed by atoms with E-state index in [1.54, 1.807) is 0 Å². The topological polar surface area (TPSA) is 7.12 Å². The van der Waals surface area contributed by atoms with Crippen LogP contribution in [-0.4, -0.2) is 6.54 Å². The molecule has 29 heavy (non-hydrogen) atoms. The molecule has 0 radical (unpaired) electrons. The number of fused-ring (bicyclic) bond motifs is 2. The van der Waals surface area contributed by atoms with Gasteiger partial charge in [-0.05, 0) is 55.5 Å². The molecule has 2 heteroatoms. The molecule has 1 aromatic carbocycles. The zero-order valence-corrected chi connectivity index (χ0v) is 18.0. The van der Waals surface area contributed by atoms with E-state index in [9.17, 15) is 0 Å². The normalized spacial score (nSPS) is 18.3. The summed E-state index contributed by atoms with van der Waals surface area (Å²) in [4.78, 5) is 2.37. The van der Waals surface area contributed by atoms with Gasteiger partial charge in [0, 0.05) is 41.7 Å². The zero-order chi connectivity index (χ0) is 20.4. The lowest BCUT2D eigenvalue weighted by Gasteiger charge is -2.29. The first-order valence-electron chi connectivity index (χ1n) is 10.7. The number of nitrogens with zero attached hydrogens (tertiary/aromatic N) is 2. The Labute approximate surface area is 175 Å². The Bertz CT molecular complexity index is 1030. The number of hydrogen-bond acceptors (Lipinski definition) is 1. The van der Waals surface area contributed by atoms with Gasteiger partial charge in [0.25, 0.3) is 0 Å². The van der Waals surface area contributed by atoms with Crippen molar-refractivity contribution in [2.24, 2.45) is 5.41 Å². The van der Waals surface area contributed by atoms with E-state index in [-0.39, 0.29) is 5.41 Å². The molecule has 0 atom stereocenters. The van der Waals surface area contributed by atoms with Crippen LogP contribution in [-0.2, 0) is 13.0 Å². The van der Waals surface area contributed by atoms with Gasteiger partial charge in [-0.1, -0.05) is 50.3 Å². The lowest BCUT2D eigenvalue weighted by molar-refractivity contribution is -0.697. The molecule has 2 heterocycles. The molecule has 0 saturated carbocycles. The van der Waals surface area contributed by atoms with Crippen molar-refractivity contribution in [1.29, 1.82) is 0 Å². The summed E-state index contributed by atoms with van der Waals surface area (Å²) in [6.45, 7) is 11.0. The number of allylic oxidation sites excluding steroid dienone is 4. The predicted molar refractivity (Wildman–Crippen MR) is 124 cm³/mol. The molecule has 148 valence electrons. The van der Waals surface area contributed by atoms with Crippen LogP contribution in [0.25, 0.3) is 18.2 Å². The second-order valence-corrected chi connectivity index (χ2v) is 8.50. The maximum atomic E-state index is 2.42. The molecular weight excluding hydrogens is 352 g/mol. The van der Waals surface area contributed by atoms with Crippen LogP contribution in [0.1, 0.15) is 50.2 Å². The molecule has 1 aliphatic heterocycles. The van der Waals surface area contributed by atoms with Crippen molar-refractivity contribution in [2.45, 2.75) is 40.7 Å². The minimum Gasteiger partial charge on any atom is -0.341 e. The van der Waals surface area contributed by atoms with Gasteiger partial charge in [-0.25, -0.2) is 0 Å². The predicted octanol–water partition coefficient (Wildman–Crippen LogP) is 6.04. The van der Waals surface area contributed by atoms with Crippen molar-refractivity contribution in [3.05, 3.63) is 88.9 Å². The van der Waals surface area contributed by atoms with E-state index in [0.29, 0.717) is 0 Å². The first kappa shape index (κ1) is 19.4. The molecule has 0 bridgehead atoms. The van der Waals surface area contributed by atoms with E-state index in [1.807, 2.05) is 0 Å². The number of rotatable bonds is 4. The molecule has 2 aliphatic rings. The van der Waals surface area contributed by atoms with Gasteiger partial charge >= 0.3 is 0 Å². The molecule has 0 spiro atoms. The van der Waals surface area contributed by atoms with Crippen molar-refractivity contribution >= 4 is 23.9 Å². The highest BCUT2D eigenvalue weighted by Gasteiger charge is 2.26. The van der Waals surface area contributed by atoms with Gasteiger partial charge < -0.3 is 4.90 Å². The highest BCUT2D eigenvalue weighted by atomic mass is 15.1. The Morgan fingerprint density at radius 3 is 2.66 bits per heavy atom. The van der Waals surface area contributed by atoms with Gasteiger partial charge in [0.15, 0.2) is 0 Å². The van der Waals surface area contributed by atoms with Crippen LogP contribution in [0.15, 0.2) is 66.4 Å². The van der Waals surface area contributed by atoms with Gasteiger partial charge in [-0.15, -0.1) is 0 Å². The van der Waals surface area contributed by atoms with Gasteiger partial charge in [0.1, 0.15) is 6.54 Å². The summed E-state index contributed by atoms with van der Waals surface area (Å²) in [7, 11) is 0. The molecule has 0 saturated heterocycles. The summed E-state index contributed by atoms with van der Waals surface area (Å²) >= 11 is 0. The maximum Gasteiger partial charge on any atom is 0.208 e. The summed E-state index contributed by atoms with van der Waals surface area (Å²) < 4.78 is 2.42. The fourth-order valence-electron chi connectivity index (χ4n) is 4.40. The summed E-state index contributed by atoms with van der Waals surface area (Å²) in [5, 5.41) is 0. The van der Waals surface area contributed by atoms with Crippen molar-refractivity contribution in [3.8, 4) is 0 Å². The second kappa shape index (κ2) is 7.87. The van der Waals surface area contributed by atoms with E-state index in [2.05, 4.69) is 116 Å². The second-order valence-electron chi connectivity index (χ2n) is 8.50. The van der Waals surface area contributed by atoms with Crippen LogP contribution >= 0.6 is 0 Å².